The highest BCUT2D eigenvalue weighted by Gasteiger charge is 2.26. The molecule has 1 aliphatic heterocycles. The first-order valence-electron chi connectivity index (χ1n) is 2.47. The maximum atomic E-state index is 10.3. The Hall–Kier alpha value is -1.10. The summed E-state index contributed by atoms with van der Waals surface area (Å²) < 4.78 is 0. The van der Waals surface area contributed by atoms with Crippen LogP contribution in [0, 0.1) is 0 Å². The molecule has 0 spiro atoms. The van der Waals surface area contributed by atoms with E-state index in [1.54, 1.807) is 0 Å². The summed E-state index contributed by atoms with van der Waals surface area (Å²) in [4.78, 5) is 20.4. The number of nitrogens with one attached hydrogen (secondary N) is 2. The second kappa shape index (κ2) is 2.02. The second-order valence-electron chi connectivity index (χ2n) is 1.79. The molecule has 1 saturated heterocycles. The van der Waals surface area contributed by atoms with Gasteiger partial charge in [-0.25, -0.2) is 5.43 Å². The highest BCUT2D eigenvalue weighted by atomic mass is 16.4. The normalized spacial score (nSPS) is 25.8. The van der Waals surface area contributed by atoms with Crippen molar-refractivity contribution in [2.75, 3.05) is 0 Å². The predicted molar refractivity (Wildman–Crippen MR) is 27.3 cm³/mol. The molecule has 1 atom stereocenters. The molecule has 0 unspecified atom stereocenters. The van der Waals surface area contributed by atoms with E-state index >= 15 is 0 Å². The fourth-order valence-corrected chi connectivity index (χ4v) is 0.604. The van der Waals surface area contributed by atoms with Gasteiger partial charge < -0.3 is 5.11 Å². The molecular formula is C4H6N2O3. The first-order valence-corrected chi connectivity index (χ1v) is 2.47. The molecule has 5 heteroatoms. The van der Waals surface area contributed by atoms with Gasteiger partial charge in [-0.2, -0.15) is 0 Å². The van der Waals surface area contributed by atoms with Crippen LogP contribution in [0.3, 0.4) is 0 Å². The molecule has 0 aromatic heterocycles. The third-order valence-corrected chi connectivity index (χ3v) is 1.07. The van der Waals surface area contributed by atoms with Crippen LogP contribution in [0.15, 0.2) is 0 Å². The number of carboxylic acid groups (broad SMARTS) is 1. The van der Waals surface area contributed by atoms with Crippen molar-refractivity contribution in [1.29, 1.82) is 0 Å². The number of hydrazine groups is 1. The number of carbonyl (C=O) groups is 2. The Morgan fingerprint density at radius 1 is 1.78 bits per heavy atom. The SMILES string of the molecule is O=C1C[C@@H](C(=O)O)NN1. The minimum atomic E-state index is -1.01. The van der Waals surface area contributed by atoms with Crippen LogP contribution in [0.2, 0.25) is 0 Å². The molecule has 5 nitrogen and oxygen atoms in total. The Morgan fingerprint density at radius 3 is 2.67 bits per heavy atom. The zero-order valence-corrected chi connectivity index (χ0v) is 4.55. The van der Waals surface area contributed by atoms with Crippen molar-refractivity contribution < 1.29 is 14.7 Å². The van der Waals surface area contributed by atoms with E-state index in [1.807, 2.05) is 0 Å². The summed E-state index contributed by atoms with van der Waals surface area (Å²) in [5.41, 5.74) is 4.49. The molecule has 3 N–H and O–H groups in total. The second-order valence-corrected chi connectivity index (χ2v) is 1.79. The maximum absolute atomic E-state index is 10.3. The fraction of sp³-hybridized carbons (Fsp3) is 0.500. The van der Waals surface area contributed by atoms with Gasteiger partial charge in [0.1, 0.15) is 6.04 Å². The molecule has 50 valence electrons. The van der Waals surface area contributed by atoms with Crippen LogP contribution in [-0.4, -0.2) is 23.0 Å². The van der Waals surface area contributed by atoms with Crippen LogP contribution in [0.5, 0.6) is 0 Å². The molecule has 0 aromatic carbocycles. The molecular weight excluding hydrogens is 124 g/mol. The molecule has 0 radical (unpaired) electrons. The Balaban J connectivity index is 2.48. The van der Waals surface area contributed by atoms with Crippen LogP contribution >= 0.6 is 0 Å². The standard InChI is InChI=1S/C4H6N2O3/c7-3-1-2(4(8)9)5-6-3/h2,5H,1H2,(H,6,7)(H,8,9)/t2-/m0/s1. The molecule has 0 aromatic rings. The molecule has 1 heterocycles. The summed E-state index contributed by atoms with van der Waals surface area (Å²) in [6.07, 6.45) is 0.0231. The number of rotatable bonds is 1. The number of carbonyl (C=O) groups excluding carboxylic acids is 1. The average molecular weight is 130 g/mol. The molecule has 0 saturated carbocycles. The lowest BCUT2D eigenvalue weighted by atomic mass is 10.2. The summed E-state index contributed by atoms with van der Waals surface area (Å²) in [5.74, 6) is -1.28. The Morgan fingerprint density at radius 2 is 2.44 bits per heavy atom. The topological polar surface area (TPSA) is 78.4 Å². The molecule has 1 amide bonds. The number of hydrogen-bond donors (Lipinski definition) is 3. The monoisotopic (exact) mass is 130 g/mol. The lowest BCUT2D eigenvalue weighted by molar-refractivity contribution is -0.139. The van der Waals surface area contributed by atoms with E-state index in [0.717, 1.165) is 0 Å². The lowest BCUT2D eigenvalue weighted by Crippen LogP contribution is -2.36. The zero-order valence-electron chi connectivity index (χ0n) is 4.55. The van der Waals surface area contributed by atoms with Crippen molar-refractivity contribution in [1.82, 2.24) is 10.9 Å². The third kappa shape index (κ3) is 1.17. The summed E-state index contributed by atoms with van der Waals surface area (Å²) in [6, 6.07) is -0.752. The van der Waals surface area contributed by atoms with Gasteiger partial charge in [-0.1, -0.05) is 0 Å². The quantitative estimate of drug-likeness (QED) is 0.402. The van der Waals surface area contributed by atoms with E-state index in [0.29, 0.717) is 0 Å². The number of hydrogen-bond acceptors (Lipinski definition) is 3. The van der Waals surface area contributed by atoms with Gasteiger partial charge in [0.2, 0.25) is 5.91 Å². The minimum Gasteiger partial charge on any atom is -0.480 e. The number of aliphatic carboxylic acids is 1. The summed E-state index contributed by atoms with van der Waals surface area (Å²) in [6.45, 7) is 0. The van der Waals surface area contributed by atoms with Gasteiger partial charge in [-0.3, -0.25) is 15.0 Å². The number of amides is 1. The van der Waals surface area contributed by atoms with Crippen molar-refractivity contribution in [2.45, 2.75) is 12.5 Å². The molecule has 1 fully saturated rings. The van der Waals surface area contributed by atoms with E-state index in [9.17, 15) is 9.59 Å². The summed E-state index contributed by atoms with van der Waals surface area (Å²) in [5, 5.41) is 8.28. The van der Waals surface area contributed by atoms with E-state index in [2.05, 4.69) is 10.9 Å². The molecule has 0 bridgehead atoms. The molecule has 1 aliphatic rings. The van der Waals surface area contributed by atoms with Gasteiger partial charge in [-0.15, -0.1) is 0 Å². The summed E-state index contributed by atoms with van der Waals surface area (Å²) in [7, 11) is 0. The highest BCUT2D eigenvalue weighted by molar-refractivity contribution is 5.87. The third-order valence-electron chi connectivity index (χ3n) is 1.07. The van der Waals surface area contributed by atoms with E-state index in [-0.39, 0.29) is 12.3 Å². The summed E-state index contributed by atoms with van der Waals surface area (Å²) >= 11 is 0. The van der Waals surface area contributed by atoms with Crippen molar-refractivity contribution >= 4 is 11.9 Å². The smallest absolute Gasteiger partial charge is 0.323 e. The van der Waals surface area contributed by atoms with Crippen molar-refractivity contribution in [3.8, 4) is 0 Å². The van der Waals surface area contributed by atoms with Gasteiger partial charge in [0.25, 0.3) is 0 Å². The number of carboxylic acids is 1. The highest BCUT2D eigenvalue weighted by Crippen LogP contribution is 1.95. The average Bonchev–Trinajstić information content (AvgIpc) is 2.14. The fourth-order valence-electron chi connectivity index (χ4n) is 0.604. The van der Waals surface area contributed by atoms with E-state index < -0.39 is 12.0 Å². The van der Waals surface area contributed by atoms with Gasteiger partial charge in [-0.05, 0) is 0 Å². The molecule has 1 rings (SSSR count). The van der Waals surface area contributed by atoms with E-state index in [1.165, 1.54) is 0 Å². The molecule has 0 aliphatic carbocycles. The van der Waals surface area contributed by atoms with Gasteiger partial charge in [0.15, 0.2) is 0 Å². The maximum Gasteiger partial charge on any atom is 0.323 e. The first kappa shape index (κ1) is 6.03. The minimum absolute atomic E-state index is 0.0231. The predicted octanol–water partition coefficient (Wildman–Crippen LogP) is -1.54. The lowest BCUT2D eigenvalue weighted by Gasteiger charge is -1.97. The van der Waals surface area contributed by atoms with E-state index in [4.69, 9.17) is 5.11 Å². The van der Waals surface area contributed by atoms with Gasteiger partial charge in [0, 0.05) is 0 Å². The Kier molecular flexibility index (Phi) is 1.35. The first-order chi connectivity index (χ1) is 4.20. The zero-order chi connectivity index (χ0) is 6.85. The Labute approximate surface area is 51.0 Å². The van der Waals surface area contributed by atoms with Crippen LogP contribution in [0.1, 0.15) is 6.42 Å². The van der Waals surface area contributed by atoms with Gasteiger partial charge >= 0.3 is 5.97 Å². The van der Waals surface area contributed by atoms with Crippen LogP contribution in [0.25, 0.3) is 0 Å². The largest absolute Gasteiger partial charge is 0.480 e. The Bertz CT molecular complexity index is 156. The van der Waals surface area contributed by atoms with Crippen molar-refractivity contribution in [3.63, 3.8) is 0 Å². The van der Waals surface area contributed by atoms with Crippen LogP contribution in [0.4, 0.5) is 0 Å². The van der Waals surface area contributed by atoms with Crippen LogP contribution < -0.4 is 10.9 Å². The van der Waals surface area contributed by atoms with Crippen LogP contribution in [-0.2, 0) is 9.59 Å². The molecule has 9 heavy (non-hydrogen) atoms. The van der Waals surface area contributed by atoms with Gasteiger partial charge in [0.05, 0.1) is 6.42 Å². The van der Waals surface area contributed by atoms with Crippen molar-refractivity contribution in [3.05, 3.63) is 0 Å². The van der Waals surface area contributed by atoms with Crippen molar-refractivity contribution in [2.24, 2.45) is 0 Å².